The summed E-state index contributed by atoms with van der Waals surface area (Å²) in [7, 11) is 0. The first-order valence-corrected chi connectivity index (χ1v) is 3.58. The van der Waals surface area contributed by atoms with Crippen molar-refractivity contribution in [1.82, 2.24) is 0 Å². The molecule has 0 spiro atoms. The molecule has 1 aromatic carbocycles. The zero-order valence-electron chi connectivity index (χ0n) is 6.34. The molecular formula is C8H6ClNO2. The topological polar surface area (TPSA) is 53.2 Å². The van der Waals surface area contributed by atoms with E-state index in [2.05, 4.69) is 4.74 Å². The molecule has 0 saturated carbocycles. The average Bonchev–Trinajstić information content (AvgIpc) is 2.07. The molecule has 0 saturated heterocycles. The highest BCUT2D eigenvalue weighted by Gasteiger charge is 2.07. The van der Waals surface area contributed by atoms with E-state index in [0.29, 0.717) is 5.56 Å². The van der Waals surface area contributed by atoms with Gasteiger partial charge in [-0.25, -0.2) is 0 Å². The SMILES string of the molecule is Cc1c(O)ccc(OC#N)c1Cl. The highest BCUT2D eigenvalue weighted by Crippen LogP contribution is 2.33. The zero-order valence-corrected chi connectivity index (χ0v) is 7.09. The maximum Gasteiger partial charge on any atom is 0.292 e. The van der Waals surface area contributed by atoms with E-state index in [9.17, 15) is 0 Å². The number of hydrogen-bond acceptors (Lipinski definition) is 3. The maximum atomic E-state index is 9.17. The number of halogens is 1. The molecule has 0 atom stereocenters. The van der Waals surface area contributed by atoms with Gasteiger partial charge in [-0.3, -0.25) is 0 Å². The van der Waals surface area contributed by atoms with Crippen LogP contribution in [0.5, 0.6) is 11.5 Å². The van der Waals surface area contributed by atoms with E-state index in [0.717, 1.165) is 0 Å². The molecular weight excluding hydrogens is 178 g/mol. The fourth-order valence-electron chi connectivity index (χ4n) is 0.778. The third-order valence-electron chi connectivity index (χ3n) is 1.48. The molecule has 62 valence electrons. The summed E-state index contributed by atoms with van der Waals surface area (Å²) in [5.74, 6) is 0.347. The number of nitriles is 1. The molecule has 0 unspecified atom stereocenters. The van der Waals surface area contributed by atoms with Gasteiger partial charge in [0.1, 0.15) is 5.75 Å². The fraction of sp³-hybridized carbons (Fsp3) is 0.125. The monoisotopic (exact) mass is 183 g/mol. The van der Waals surface area contributed by atoms with Gasteiger partial charge in [0, 0.05) is 5.56 Å². The van der Waals surface area contributed by atoms with Crippen molar-refractivity contribution in [1.29, 1.82) is 5.26 Å². The molecule has 0 bridgehead atoms. The Morgan fingerprint density at radius 2 is 2.25 bits per heavy atom. The number of ether oxygens (including phenoxy) is 1. The number of aromatic hydroxyl groups is 1. The van der Waals surface area contributed by atoms with Crippen molar-refractivity contribution in [2.24, 2.45) is 0 Å². The Hall–Kier alpha value is -1.40. The summed E-state index contributed by atoms with van der Waals surface area (Å²) < 4.78 is 4.53. The second-order valence-corrected chi connectivity index (χ2v) is 2.59. The first-order chi connectivity index (χ1) is 5.66. The zero-order chi connectivity index (χ0) is 9.14. The van der Waals surface area contributed by atoms with E-state index in [1.54, 1.807) is 6.92 Å². The van der Waals surface area contributed by atoms with Crippen molar-refractivity contribution >= 4 is 11.6 Å². The molecule has 1 aromatic rings. The minimum atomic E-state index is 0.0882. The summed E-state index contributed by atoms with van der Waals surface area (Å²) in [6, 6.07) is 2.86. The lowest BCUT2D eigenvalue weighted by atomic mass is 10.2. The van der Waals surface area contributed by atoms with Gasteiger partial charge in [-0.15, -0.1) is 5.26 Å². The molecule has 0 heterocycles. The number of rotatable bonds is 1. The lowest BCUT2D eigenvalue weighted by molar-refractivity contribution is 0.465. The van der Waals surface area contributed by atoms with Crippen LogP contribution in [-0.2, 0) is 0 Å². The normalized spacial score (nSPS) is 9.08. The third kappa shape index (κ3) is 1.44. The molecule has 0 aliphatic heterocycles. The number of benzene rings is 1. The van der Waals surface area contributed by atoms with Crippen LogP contribution in [0.25, 0.3) is 0 Å². The number of phenolic OH excluding ortho intramolecular Hbond substituents is 1. The number of phenols is 1. The summed E-state index contributed by atoms with van der Waals surface area (Å²) in [4.78, 5) is 0. The smallest absolute Gasteiger partial charge is 0.292 e. The predicted octanol–water partition coefficient (Wildman–Crippen LogP) is 2.21. The minimum absolute atomic E-state index is 0.0882. The second kappa shape index (κ2) is 3.33. The van der Waals surface area contributed by atoms with Crippen LogP contribution in [0.4, 0.5) is 0 Å². The highest BCUT2D eigenvalue weighted by atomic mass is 35.5. The van der Waals surface area contributed by atoms with Crippen LogP contribution in [0.15, 0.2) is 12.1 Å². The van der Waals surface area contributed by atoms with Crippen molar-refractivity contribution in [2.45, 2.75) is 6.92 Å². The summed E-state index contributed by atoms with van der Waals surface area (Å²) in [6.07, 6.45) is 1.51. The Morgan fingerprint density at radius 3 is 2.83 bits per heavy atom. The van der Waals surface area contributed by atoms with Gasteiger partial charge in [0.2, 0.25) is 0 Å². The number of hydrogen-bond donors (Lipinski definition) is 1. The lowest BCUT2D eigenvalue weighted by Gasteiger charge is -2.03. The molecule has 0 fully saturated rings. The summed E-state index contributed by atoms with van der Waals surface area (Å²) in [5, 5.41) is 17.6. The van der Waals surface area contributed by atoms with Crippen LogP contribution in [0, 0.1) is 18.4 Å². The van der Waals surface area contributed by atoms with E-state index in [1.165, 1.54) is 18.4 Å². The molecule has 12 heavy (non-hydrogen) atoms. The molecule has 4 heteroatoms. The third-order valence-corrected chi connectivity index (χ3v) is 1.95. The van der Waals surface area contributed by atoms with Gasteiger partial charge in [-0.1, -0.05) is 11.6 Å². The van der Waals surface area contributed by atoms with Crippen LogP contribution in [-0.4, -0.2) is 5.11 Å². The van der Waals surface area contributed by atoms with Crippen LogP contribution in [0.3, 0.4) is 0 Å². The Bertz CT molecular complexity index is 344. The van der Waals surface area contributed by atoms with Crippen molar-refractivity contribution in [2.75, 3.05) is 0 Å². The van der Waals surface area contributed by atoms with Crippen molar-refractivity contribution in [3.8, 4) is 17.8 Å². The maximum absolute atomic E-state index is 9.17. The summed E-state index contributed by atoms with van der Waals surface area (Å²) in [6.45, 7) is 1.64. The van der Waals surface area contributed by atoms with Gasteiger partial charge in [-0.05, 0) is 19.1 Å². The Kier molecular flexibility index (Phi) is 2.41. The fourth-order valence-corrected chi connectivity index (χ4v) is 0.976. The van der Waals surface area contributed by atoms with Crippen LogP contribution >= 0.6 is 11.6 Å². The molecule has 3 nitrogen and oxygen atoms in total. The van der Waals surface area contributed by atoms with Gasteiger partial charge in [0.05, 0.1) is 5.02 Å². The Labute approximate surface area is 74.8 Å². The molecule has 0 aromatic heterocycles. The van der Waals surface area contributed by atoms with Gasteiger partial charge in [0.15, 0.2) is 5.75 Å². The van der Waals surface area contributed by atoms with Crippen molar-refractivity contribution in [3.05, 3.63) is 22.7 Å². The van der Waals surface area contributed by atoms with Crippen LogP contribution in [0.2, 0.25) is 5.02 Å². The first-order valence-electron chi connectivity index (χ1n) is 3.21. The second-order valence-electron chi connectivity index (χ2n) is 2.22. The quantitative estimate of drug-likeness (QED) is 0.680. The largest absolute Gasteiger partial charge is 0.508 e. The first kappa shape index (κ1) is 8.69. The van der Waals surface area contributed by atoms with Gasteiger partial charge in [0.25, 0.3) is 6.26 Å². The minimum Gasteiger partial charge on any atom is -0.508 e. The summed E-state index contributed by atoms with van der Waals surface area (Å²) in [5.41, 5.74) is 0.504. The average molecular weight is 184 g/mol. The molecule has 0 aliphatic rings. The van der Waals surface area contributed by atoms with Gasteiger partial charge in [-0.2, -0.15) is 0 Å². The van der Waals surface area contributed by atoms with Gasteiger partial charge >= 0.3 is 0 Å². The predicted molar refractivity (Wildman–Crippen MR) is 44.1 cm³/mol. The summed E-state index contributed by atoms with van der Waals surface area (Å²) >= 11 is 5.74. The molecule has 1 rings (SSSR count). The molecule has 0 amide bonds. The highest BCUT2D eigenvalue weighted by molar-refractivity contribution is 6.33. The van der Waals surface area contributed by atoms with E-state index in [-0.39, 0.29) is 16.5 Å². The van der Waals surface area contributed by atoms with Crippen molar-refractivity contribution in [3.63, 3.8) is 0 Å². The van der Waals surface area contributed by atoms with E-state index in [1.807, 2.05) is 0 Å². The van der Waals surface area contributed by atoms with E-state index in [4.69, 9.17) is 22.0 Å². The Balaban J connectivity index is 3.19. The lowest BCUT2D eigenvalue weighted by Crippen LogP contribution is -1.85. The molecule has 1 N–H and O–H groups in total. The van der Waals surface area contributed by atoms with Crippen LogP contribution in [0.1, 0.15) is 5.56 Å². The standard InChI is InChI=1S/C8H6ClNO2/c1-5-6(11)2-3-7(8(5)9)12-4-10/h2-3,11H,1H3. The molecule has 0 aliphatic carbocycles. The number of nitrogens with zero attached hydrogens (tertiary/aromatic N) is 1. The van der Waals surface area contributed by atoms with Crippen molar-refractivity contribution < 1.29 is 9.84 Å². The van der Waals surface area contributed by atoms with Crippen LogP contribution < -0.4 is 4.74 Å². The Morgan fingerprint density at radius 1 is 1.58 bits per heavy atom. The molecule has 0 radical (unpaired) electrons. The van der Waals surface area contributed by atoms with E-state index < -0.39 is 0 Å². The van der Waals surface area contributed by atoms with Gasteiger partial charge < -0.3 is 9.84 Å². The van der Waals surface area contributed by atoms with E-state index >= 15 is 0 Å².